The van der Waals surface area contributed by atoms with E-state index in [1.807, 2.05) is 67.6 Å². The van der Waals surface area contributed by atoms with E-state index >= 15 is 0 Å². The summed E-state index contributed by atoms with van der Waals surface area (Å²) in [4.78, 5) is 13.6. The third kappa shape index (κ3) is 2.55. The Labute approximate surface area is 166 Å². The van der Waals surface area contributed by atoms with Crippen LogP contribution in [0.1, 0.15) is 30.9 Å². The molecule has 4 nitrogen and oxygen atoms in total. The summed E-state index contributed by atoms with van der Waals surface area (Å²) in [6, 6.07) is 20.8. The van der Waals surface area contributed by atoms with Crippen molar-refractivity contribution in [3.63, 3.8) is 0 Å². The van der Waals surface area contributed by atoms with Crippen LogP contribution >= 0.6 is 0 Å². The second-order valence-electron chi connectivity index (χ2n) is 9.18. The summed E-state index contributed by atoms with van der Waals surface area (Å²) in [5.74, 6) is -0.156. The fraction of sp³-hybridized carbons (Fsp3) is 0.458. The van der Waals surface area contributed by atoms with Crippen LogP contribution in [-0.4, -0.2) is 54.9 Å². The lowest BCUT2D eigenvalue weighted by Crippen LogP contribution is -2.60. The van der Waals surface area contributed by atoms with Gasteiger partial charge in [0.15, 0.2) is 0 Å². The van der Waals surface area contributed by atoms with Gasteiger partial charge in [-0.2, -0.15) is 0 Å². The highest BCUT2D eigenvalue weighted by Crippen LogP contribution is 2.52. The van der Waals surface area contributed by atoms with E-state index in [1.165, 1.54) is 0 Å². The van der Waals surface area contributed by atoms with Gasteiger partial charge in [0, 0.05) is 12.8 Å². The molecule has 0 radical (unpaired) electrons. The number of fused-ring (bicyclic) bond motifs is 5. The Morgan fingerprint density at radius 2 is 1.39 bits per heavy atom. The molecular formula is C24H28NO3+. The van der Waals surface area contributed by atoms with Crippen LogP contribution in [0, 0.1) is 0 Å². The maximum atomic E-state index is 13.6. The van der Waals surface area contributed by atoms with Crippen molar-refractivity contribution in [1.29, 1.82) is 0 Å². The predicted molar refractivity (Wildman–Crippen MR) is 107 cm³/mol. The number of quaternary nitrogens is 1. The van der Waals surface area contributed by atoms with Crippen molar-refractivity contribution in [2.45, 2.75) is 55.6 Å². The van der Waals surface area contributed by atoms with Gasteiger partial charge < -0.3 is 14.0 Å². The Hall–Kier alpha value is -2.17. The highest BCUT2D eigenvalue weighted by atomic mass is 16.6. The van der Waals surface area contributed by atoms with Crippen LogP contribution in [0.4, 0.5) is 0 Å². The van der Waals surface area contributed by atoms with Gasteiger partial charge in [0.25, 0.3) is 0 Å². The Morgan fingerprint density at radius 3 is 1.86 bits per heavy atom. The molecule has 0 saturated carbocycles. The van der Waals surface area contributed by atoms with Crippen molar-refractivity contribution >= 4 is 5.97 Å². The molecule has 3 heterocycles. The largest absolute Gasteiger partial charge is 0.461 e. The number of ether oxygens (including phenoxy) is 2. The molecule has 5 atom stereocenters. The van der Waals surface area contributed by atoms with Gasteiger partial charge >= 0.3 is 5.97 Å². The quantitative estimate of drug-likeness (QED) is 0.466. The first-order valence-electron chi connectivity index (χ1n) is 10.2. The Bertz CT molecular complexity index is 820. The average molecular weight is 378 g/mol. The van der Waals surface area contributed by atoms with E-state index in [1.54, 1.807) is 0 Å². The standard InChI is InChI=1S/C24H28NO3/c1-24(16-10-6-4-7-11-16,17-12-8-5-9-13-17)23(26)27-18-14-19-21-22(28-21)20(15-18)25(19,2)3/h4-13,18-22H,14-15H2,1-3H3/q+1/t18?,19?,20?,21-,22+. The van der Waals surface area contributed by atoms with E-state index in [9.17, 15) is 4.79 Å². The summed E-state index contributed by atoms with van der Waals surface area (Å²) in [7, 11) is 4.59. The molecule has 0 aliphatic carbocycles. The molecular weight excluding hydrogens is 350 g/mol. The lowest BCUT2D eigenvalue weighted by atomic mass is 9.76. The van der Waals surface area contributed by atoms with E-state index in [-0.39, 0.29) is 12.1 Å². The summed E-state index contributed by atoms with van der Waals surface area (Å²) in [5.41, 5.74) is 1.11. The summed E-state index contributed by atoms with van der Waals surface area (Å²) in [5, 5.41) is 0. The Balaban J connectivity index is 1.42. The number of epoxide rings is 1. The number of carbonyl (C=O) groups is 1. The first-order valence-corrected chi connectivity index (χ1v) is 10.2. The van der Waals surface area contributed by atoms with Gasteiger partial charge in [-0.3, -0.25) is 4.79 Å². The number of benzene rings is 2. The molecule has 0 spiro atoms. The predicted octanol–water partition coefficient (Wildman–Crippen LogP) is 3.29. The second-order valence-corrected chi connectivity index (χ2v) is 9.18. The molecule has 3 fully saturated rings. The van der Waals surface area contributed by atoms with Crippen LogP contribution < -0.4 is 0 Å². The van der Waals surface area contributed by atoms with Crippen molar-refractivity contribution in [2.24, 2.45) is 0 Å². The molecule has 28 heavy (non-hydrogen) atoms. The zero-order chi connectivity index (χ0) is 19.5. The normalized spacial score (nSPS) is 32.5. The minimum atomic E-state index is -0.817. The van der Waals surface area contributed by atoms with Crippen LogP contribution in [0.5, 0.6) is 0 Å². The molecule has 0 N–H and O–H groups in total. The zero-order valence-electron chi connectivity index (χ0n) is 16.7. The minimum Gasteiger partial charge on any atom is -0.461 e. The molecule has 2 aromatic rings. The van der Waals surface area contributed by atoms with Crippen molar-refractivity contribution < 1.29 is 18.8 Å². The summed E-state index contributed by atoms with van der Waals surface area (Å²) in [6.45, 7) is 1.98. The zero-order valence-corrected chi connectivity index (χ0v) is 16.7. The third-order valence-electron chi connectivity index (χ3n) is 7.42. The van der Waals surface area contributed by atoms with Gasteiger partial charge in [0.2, 0.25) is 0 Å². The van der Waals surface area contributed by atoms with Gasteiger partial charge in [-0.25, -0.2) is 0 Å². The fourth-order valence-corrected chi connectivity index (χ4v) is 5.52. The monoisotopic (exact) mass is 378 g/mol. The molecule has 146 valence electrons. The smallest absolute Gasteiger partial charge is 0.321 e. The lowest BCUT2D eigenvalue weighted by Gasteiger charge is -2.45. The van der Waals surface area contributed by atoms with Crippen molar-refractivity contribution in [3.8, 4) is 0 Å². The lowest BCUT2D eigenvalue weighted by molar-refractivity contribution is -0.938. The molecule has 3 aliphatic rings. The molecule has 0 aromatic heterocycles. The van der Waals surface area contributed by atoms with E-state index in [0.29, 0.717) is 24.3 Å². The highest BCUT2D eigenvalue weighted by Gasteiger charge is 2.70. The van der Waals surface area contributed by atoms with Crippen LogP contribution in [-0.2, 0) is 19.7 Å². The number of hydrogen-bond donors (Lipinski definition) is 0. The van der Waals surface area contributed by atoms with E-state index in [4.69, 9.17) is 9.47 Å². The van der Waals surface area contributed by atoms with Crippen LogP contribution in [0.15, 0.2) is 60.7 Å². The Kier molecular flexibility index (Phi) is 3.94. The Morgan fingerprint density at radius 1 is 0.929 bits per heavy atom. The second kappa shape index (κ2) is 6.16. The highest BCUT2D eigenvalue weighted by molar-refractivity contribution is 5.87. The topological polar surface area (TPSA) is 38.8 Å². The van der Waals surface area contributed by atoms with Gasteiger partial charge in [-0.1, -0.05) is 60.7 Å². The van der Waals surface area contributed by atoms with Crippen molar-refractivity contribution in [2.75, 3.05) is 14.1 Å². The summed E-state index contributed by atoms with van der Waals surface area (Å²) >= 11 is 0. The van der Waals surface area contributed by atoms with E-state index in [2.05, 4.69) is 14.1 Å². The molecule has 4 heteroatoms. The number of hydrogen-bond acceptors (Lipinski definition) is 3. The SMILES string of the molecule is CC(C(=O)OC1CC2[C@H]3O[C@H]3C(C1)[N+]2(C)C)(c1ccccc1)c1ccccc1. The van der Waals surface area contributed by atoms with Crippen LogP contribution in [0.3, 0.4) is 0 Å². The molecule has 2 aromatic carbocycles. The van der Waals surface area contributed by atoms with Gasteiger partial charge in [-0.15, -0.1) is 0 Å². The number of piperidine rings is 1. The molecule has 2 bridgehead atoms. The minimum absolute atomic E-state index is 0.0307. The summed E-state index contributed by atoms with van der Waals surface area (Å²) in [6.07, 6.45) is 2.46. The van der Waals surface area contributed by atoms with Gasteiger partial charge in [-0.05, 0) is 18.1 Å². The number of esters is 1. The molecule has 3 saturated heterocycles. The van der Waals surface area contributed by atoms with Gasteiger partial charge in [0.05, 0.1) is 14.1 Å². The van der Waals surface area contributed by atoms with Gasteiger partial charge in [0.1, 0.15) is 35.8 Å². The number of carbonyl (C=O) groups excluding carboxylic acids is 1. The van der Waals surface area contributed by atoms with Crippen LogP contribution in [0.2, 0.25) is 0 Å². The van der Waals surface area contributed by atoms with Crippen molar-refractivity contribution in [1.82, 2.24) is 0 Å². The third-order valence-corrected chi connectivity index (χ3v) is 7.42. The molecule has 5 rings (SSSR count). The van der Waals surface area contributed by atoms with Crippen molar-refractivity contribution in [3.05, 3.63) is 71.8 Å². The molecule has 0 amide bonds. The summed E-state index contributed by atoms with van der Waals surface area (Å²) < 4.78 is 13.1. The maximum absolute atomic E-state index is 13.6. The molecule has 3 aliphatic heterocycles. The fourth-order valence-electron chi connectivity index (χ4n) is 5.52. The number of likely N-dealkylation sites (N-methyl/N-ethyl adjacent to an activating group) is 1. The van der Waals surface area contributed by atoms with E-state index < -0.39 is 5.41 Å². The first kappa shape index (κ1) is 17.9. The maximum Gasteiger partial charge on any atom is 0.321 e. The van der Waals surface area contributed by atoms with E-state index in [0.717, 1.165) is 28.5 Å². The number of morpholine rings is 1. The average Bonchev–Trinajstić information content (AvgIpc) is 3.47. The number of rotatable bonds is 4. The molecule has 3 unspecified atom stereocenters. The number of nitrogens with zero attached hydrogens (tertiary/aromatic N) is 1. The van der Waals surface area contributed by atoms with Crippen LogP contribution in [0.25, 0.3) is 0 Å². The first-order chi connectivity index (χ1) is 13.4.